The van der Waals surface area contributed by atoms with Crippen LogP contribution in [0.4, 0.5) is 11.4 Å². The van der Waals surface area contributed by atoms with E-state index in [0.29, 0.717) is 11.8 Å². The summed E-state index contributed by atoms with van der Waals surface area (Å²) in [6.45, 7) is 12.2. The fourth-order valence-electron chi connectivity index (χ4n) is 8.85. The minimum absolute atomic E-state index is 0.0152. The summed E-state index contributed by atoms with van der Waals surface area (Å²) in [5.74, 6) is 1.23. The van der Waals surface area contributed by atoms with Gasteiger partial charge in [0, 0.05) is 22.3 Å². The summed E-state index contributed by atoms with van der Waals surface area (Å²) in [5, 5.41) is 0. The Hall–Kier alpha value is -3.32. The molecule has 0 aliphatic heterocycles. The first-order valence-corrected chi connectivity index (χ1v) is 17.5. The van der Waals surface area contributed by atoms with Crippen LogP contribution < -0.4 is 4.90 Å². The van der Waals surface area contributed by atoms with Crippen molar-refractivity contribution in [2.24, 2.45) is 0 Å². The van der Waals surface area contributed by atoms with Gasteiger partial charge >= 0.3 is 0 Å². The molecule has 0 spiro atoms. The summed E-state index contributed by atoms with van der Waals surface area (Å²) >= 11 is 0. The maximum atomic E-state index is 2.77. The molecule has 1 nitrogen and oxygen atoms in total. The average molecular weight is 582 g/mol. The van der Waals surface area contributed by atoms with E-state index in [4.69, 9.17) is 0 Å². The number of fused-ring (bicyclic) bond motifs is 3. The van der Waals surface area contributed by atoms with Crippen molar-refractivity contribution in [2.75, 3.05) is 4.90 Å². The summed E-state index contributed by atoms with van der Waals surface area (Å²) in [7, 11) is 0. The zero-order chi connectivity index (χ0) is 30.5. The minimum Gasteiger partial charge on any atom is -0.336 e. The smallest absolute Gasteiger partial charge is 0.0454 e. The van der Waals surface area contributed by atoms with E-state index < -0.39 is 0 Å². The van der Waals surface area contributed by atoms with Gasteiger partial charge < -0.3 is 4.90 Å². The first-order chi connectivity index (χ1) is 21.2. The minimum atomic E-state index is -0.0784. The highest BCUT2D eigenvalue weighted by Gasteiger charge is 2.39. The van der Waals surface area contributed by atoms with Gasteiger partial charge in [-0.3, -0.25) is 0 Å². The number of hydrogen-bond donors (Lipinski definition) is 0. The molecule has 1 heteroatoms. The highest BCUT2D eigenvalue weighted by molar-refractivity contribution is 5.86. The number of nitrogens with zero attached hydrogens (tertiary/aromatic N) is 1. The third-order valence-electron chi connectivity index (χ3n) is 11.1. The Kier molecular flexibility index (Phi) is 7.72. The second kappa shape index (κ2) is 11.6. The molecule has 4 aromatic rings. The van der Waals surface area contributed by atoms with Crippen molar-refractivity contribution in [2.45, 2.75) is 122 Å². The predicted molar refractivity (Wildman–Crippen MR) is 189 cm³/mol. The van der Waals surface area contributed by atoms with Gasteiger partial charge in [-0.1, -0.05) is 113 Å². The quantitative estimate of drug-likeness (QED) is 0.227. The first kappa shape index (κ1) is 29.4. The van der Waals surface area contributed by atoms with Gasteiger partial charge in [0.25, 0.3) is 0 Å². The molecule has 4 aromatic carbocycles. The Morgan fingerprint density at radius 1 is 0.545 bits per heavy atom. The van der Waals surface area contributed by atoms with E-state index in [1.54, 1.807) is 11.1 Å². The molecule has 0 heterocycles. The highest BCUT2D eigenvalue weighted by atomic mass is 15.2. The first-order valence-electron chi connectivity index (χ1n) is 17.5. The van der Waals surface area contributed by atoms with Crippen LogP contribution in [0, 0.1) is 0 Å². The van der Waals surface area contributed by atoms with Crippen LogP contribution in [0.3, 0.4) is 0 Å². The molecule has 0 aromatic heterocycles. The zero-order valence-electron chi connectivity index (χ0n) is 27.8. The second-order valence-corrected chi connectivity index (χ2v) is 15.4. The van der Waals surface area contributed by atoms with Crippen LogP contribution in [0.1, 0.15) is 133 Å². The van der Waals surface area contributed by atoms with Gasteiger partial charge in [0.1, 0.15) is 0 Å². The second-order valence-electron chi connectivity index (χ2n) is 15.4. The Morgan fingerprint density at radius 3 is 1.77 bits per heavy atom. The lowest BCUT2D eigenvalue weighted by Gasteiger charge is -2.43. The van der Waals surface area contributed by atoms with Crippen molar-refractivity contribution in [3.05, 3.63) is 107 Å². The third-order valence-corrected chi connectivity index (χ3v) is 11.1. The Balaban J connectivity index is 1.46. The fourth-order valence-corrected chi connectivity index (χ4v) is 8.85. The molecule has 7 rings (SSSR count). The maximum absolute atomic E-state index is 2.77. The molecule has 0 radical (unpaired) electrons. The van der Waals surface area contributed by atoms with Gasteiger partial charge in [0.15, 0.2) is 0 Å². The SMILES string of the molecule is CC1(C)c2ccccc2-c2cc(C3CCCCC3)c(N(c3ccc(-c4ccccc4)cc3C3CCCCC3)C(C)(C)C)cc21. The summed E-state index contributed by atoms with van der Waals surface area (Å²) in [6, 6.07) is 32.9. The summed E-state index contributed by atoms with van der Waals surface area (Å²) in [6.07, 6.45) is 13.3. The van der Waals surface area contributed by atoms with Crippen molar-refractivity contribution in [1.29, 1.82) is 0 Å². The van der Waals surface area contributed by atoms with Crippen molar-refractivity contribution in [3.8, 4) is 22.3 Å². The fraction of sp³-hybridized carbons (Fsp3) is 0.442. The Labute approximate surface area is 266 Å². The van der Waals surface area contributed by atoms with E-state index >= 15 is 0 Å². The number of anilines is 2. The van der Waals surface area contributed by atoms with Gasteiger partial charge in [-0.25, -0.2) is 0 Å². The van der Waals surface area contributed by atoms with Gasteiger partial charge in [-0.15, -0.1) is 0 Å². The monoisotopic (exact) mass is 581 g/mol. The van der Waals surface area contributed by atoms with Crippen LogP contribution in [0.5, 0.6) is 0 Å². The van der Waals surface area contributed by atoms with Crippen LogP contribution in [0.25, 0.3) is 22.3 Å². The molecule has 2 saturated carbocycles. The van der Waals surface area contributed by atoms with Gasteiger partial charge in [0.2, 0.25) is 0 Å². The lowest BCUT2D eigenvalue weighted by atomic mass is 9.78. The van der Waals surface area contributed by atoms with E-state index in [1.807, 2.05) is 0 Å². The molecule has 228 valence electrons. The summed E-state index contributed by atoms with van der Waals surface area (Å²) in [4.78, 5) is 2.77. The predicted octanol–water partition coefficient (Wildman–Crippen LogP) is 12.7. The van der Waals surface area contributed by atoms with E-state index in [1.165, 1.54) is 109 Å². The molecule has 0 amide bonds. The Morgan fingerprint density at radius 2 is 1.14 bits per heavy atom. The molecule has 3 aliphatic rings. The molecule has 0 saturated heterocycles. The zero-order valence-corrected chi connectivity index (χ0v) is 27.8. The normalized spacial score (nSPS) is 18.6. The lowest BCUT2D eigenvalue weighted by Crippen LogP contribution is -2.39. The lowest BCUT2D eigenvalue weighted by molar-refractivity contribution is 0.438. The number of benzene rings is 4. The largest absolute Gasteiger partial charge is 0.336 e. The van der Waals surface area contributed by atoms with E-state index in [2.05, 4.69) is 124 Å². The van der Waals surface area contributed by atoms with Crippen LogP contribution >= 0.6 is 0 Å². The van der Waals surface area contributed by atoms with Crippen molar-refractivity contribution in [1.82, 2.24) is 0 Å². The Bertz CT molecular complexity index is 1620. The molecule has 44 heavy (non-hydrogen) atoms. The van der Waals surface area contributed by atoms with Crippen LogP contribution in [0.2, 0.25) is 0 Å². The summed E-state index contributed by atoms with van der Waals surface area (Å²) < 4.78 is 0. The number of hydrogen-bond acceptors (Lipinski definition) is 1. The van der Waals surface area contributed by atoms with E-state index in [0.717, 1.165) is 0 Å². The van der Waals surface area contributed by atoms with E-state index in [9.17, 15) is 0 Å². The molecule has 2 fully saturated rings. The average Bonchev–Trinajstić information content (AvgIpc) is 3.27. The molecule has 3 aliphatic carbocycles. The maximum Gasteiger partial charge on any atom is 0.0454 e. The van der Waals surface area contributed by atoms with Crippen molar-refractivity contribution < 1.29 is 0 Å². The van der Waals surface area contributed by atoms with Crippen molar-refractivity contribution in [3.63, 3.8) is 0 Å². The standard InChI is InChI=1S/C43H51N/c1-42(2,3)44(40-26-25-33(30-17-9-6-10-18-30)27-35(40)31-19-11-7-12-20-31)41-29-39-37(28-36(41)32-21-13-8-14-22-32)34-23-15-16-24-38(34)43(39,4)5/h6,9-10,15-18,23-29,31-32H,7-8,11-14,19-22H2,1-5H3. The topological polar surface area (TPSA) is 3.24 Å². The molecule has 0 unspecified atom stereocenters. The summed E-state index contributed by atoms with van der Waals surface area (Å²) in [5.41, 5.74) is 14.4. The van der Waals surface area contributed by atoms with Gasteiger partial charge in [-0.05, 0) is 127 Å². The van der Waals surface area contributed by atoms with E-state index in [-0.39, 0.29) is 11.0 Å². The van der Waals surface area contributed by atoms with Crippen molar-refractivity contribution >= 4 is 11.4 Å². The van der Waals surface area contributed by atoms with Gasteiger partial charge in [-0.2, -0.15) is 0 Å². The molecule has 0 atom stereocenters. The van der Waals surface area contributed by atoms with Crippen LogP contribution in [-0.2, 0) is 5.41 Å². The highest BCUT2D eigenvalue weighted by Crippen LogP contribution is 2.54. The molecular weight excluding hydrogens is 530 g/mol. The third kappa shape index (κ3) is 5.21. The van der Waals surface area contributed by atoms with Gasteiger partial charge in [0.05, 0.1) is 0 Å². The number of rotatable bonds is 5. The molecule has 0 bridgehead atoms. The molecule has 0 N–H and O–H groups in total. The van der Waals surface area contributed by atoms with Crippen LogP contribution in [-0.4, -0.2) is 5.54 Å². The van der Waals surface area contributed by atoms with Crippen LogP contribution in [0.15, 0.2) is 84.9 Å². The molecular formula is C43H51N.